The van der Waals surface area contributed by atoms with Crippen LogP contribution in [0.25, 0.3) is 0 Å². The fourth-order valence-electron chi connectivity index (χ4n) is 4.60. The molecular weight excluding hydrogens is 246 g/mol. The third-order valence-electron chi connectivity index (χ3n) is 5.51. The zero-order chi connectivity index (χ0) is 14.1. The van der Waals surface area contributed by atoms with E-state index in [9.17, 15) is 0 Å². The van der Waals surface area contributed by atoms with Crippen molar-refractivity contribution in [3.63, 3.8) is 0 Å². The van der Waals surface area contributed by atoms with Gasteiger partial charge in [0.25, 0.3) is 0 Å². The first-order valence-electron chi connectivity index (χ1n) is 8.07. The summed E-state index contributed by atoms with van der Waals surface area (Å²) in [5.41, 5.74) is 2.54. The van der Waals surface area contributed by atoms with Crippen molar-refractivity contribution in [2.24, 2.45) is 5.41 Å². The van der Waals surface area contributed by atoms with E-state index in [2.05, 4.69) is 36.5 Å². The van der Waals surface area contributed by atoms with Gasteiger partial charge in [0.1, 0.15) is 5.75 Å². The first-order valence-corrected chi connectivity index (χ1v) is 8.07. The molecule has 0 heterocycles. The van der Waals surface area contributed by atoms with Gasteiger partial charge in [-0.3, -0.25) is 0 Å². The zero-order valence-electron chi connectivity index (χ0n) is 12.9. The van der Waals surface area contributed by atoms with Crippen LogP contribution in [0.3, 0.4) is 0 Å². The van der Waals surface area contributed by atoms with Crippen molar-refractivity contribution in [1.82, 2.24) is 5.32 Å². The second-order valence-electron chi connectivity index (χ2n) is 6.85. The molecule has 0 aliphatic heterocycles. The minimum atomic E-state index is 0.368. The fourth-order valence-corrected chi connectivity index (χ4v) is 4.60. The van der Waals surface area contributed by atoms with Gasteiger partial charge in [0.05, 0.1) is 7.11 Å². The highest BCUT2D eigenvalue weighted by molar-refractivity contribution is 5.36. The van der Waals surface area contributed by atoms with E-state index in [1.54, 1.807) is 7.11 Å². The molecule has 0 bridgehead atoms. The highest BCUT2D eigenvalue weighted by atomic mass is 16.5. The summed E-state index contributed by atoms with van der Waals surface area (Å²) in [6.07, 6.45) is 8.55. The van der Waals surface area contributed by atoms with E-state index < -0.39 is 0 Å². The van der Waals surface area contributed by atoms with Crippen molar-refractivity contribution in [3.05, 3.63) is 29.8 Å². The van der Waals surface area contributed by atoms with E-state index in [1.807, 2.05) is 0 Å². The van der Waals surface area contributed by atoms with Crippen LogP contribution in [0.4, 0.5) is 0 Å². The highest BCUT2D eigenvalue weighted by Crippen LogP contribution is 2.62. The maximum Gasteiger partial charge on any atom is 0.118 e. The number of ether oxygens (including phenoxy) is 1. The third-order valence-corrected chi connectivity index (χ3v) is 5.51. The van der Waals surface area contributed by atoms with E-state index in [1.165, 1.54) is 44.1 Å². The standard InChI is InChI=1S/C18H27NO/c1-3-19-14-18(12-17(13-18)10-4-5-11-17)15-6-8-16(20-2)9-7-15/h6-9,19H,3-5,10-14H2,1-2H3. The van der Waals surface area contributed by atoms with Crippen LogP contribution >= 0.6 is 0 Å². The summed E-state index contributed by atoms with van der Waals surface area (Å²) in [4.78, 5) is 0. The molecule has 0 atom stereocenters. The molecule has 0 radical (unpaired) electrons. The Bertz CT molecular complexity index is 437. The minimum absolute atomic E-state index is 0.368. The molecule has 0 unspecified atom stereocenters. The molecule has 2 saturated carbocycles. The summed E-state index contributed by atoms with van der Waals surface area (Å²) in [6.45, 7) is 4.38. The van der Waals surface area contributed by atoms with Crippen molar-refractivity contribution in [3.8, 4) is 5.75 Å². The maximum atomic E-state index is 5.29. The molecular formula is C18H27NO. The average molecular weight is 273 g/mol. The Kier molecular flexibility index (Phi) is 3.76. The molecule has 2 fully saturated rings. The van der Waals surface area contributed by atoms with Crippen LogP contribution in [-0.4, -0.2) is 20.2 Å². The van der Waals surface area contributed by atoms with Crippen molar-refractivity contribution in [2.45, 2.75) is 50.9 Å². The van der Waals surface area contributed by atoms with Crippen molar-refractivity contribution in [1.29, 1.82) is 0 Å². The summed E-state index contributed by atoms with van der Waals surface area (Å²) < 4.78 is 5.29. The highest BCUT2D eigenvalue weighted by Gasteiger charge is 2.55. The SMILES string of the molecule is CCNCC1(c2ccc(OC)cc2)CC2(CCCC2)C1. The number of hydrogen-bond donors (Lipinski definition) is 1. The van der Waals surface area contributed by atoms with Crippen LogP contribution in [-0.2, 0) is 5.41 Å². The zero-order valence-corrected chi connectivity index (χ0v) is 12.9. The largest absolute Gasteiger partial charge is 0.497 e. The Morgan fingerprint density at radius 1 is 1.10 bits per heavy atom. The van der Waals surface area contributed by atoms with Crippen LogP contribution < -0.4 is 10.1 Å². The Morgan fingerprint density at radius 3 is 2.30 bits per heavy atom. The molecule has 0 saturated heterocycles. The Hall–Kier alpha value is -1.02. The fraction of sp³-hybridized carbons (Fsp3) is 0.667. The normalized spacial score (nSPS) is 22.7. The Balaban J connectivity index is 1.79. The van der Waals surface area contributed by atoms with Gasteiger partial charge in [0.2, 0.25) is 0 Å². The van der Waals surface area contributed by atoms with Gasteiger partial charge < -0.3 is 10.1 Å². The summed E-state index contributed by atoms with van der Waals surface area (Å²) in [5, 5.41) is 3.59. The lowest BCUT2D eigenvalue weighted by molar-refractivity contribution is 0.0273. The molecule has 110 valence electrons. The molecule has 2 heteroatoms. The number of likely N-dealkylation sites (N-methyl/N-ethyl adjacent to an activating group) is 1. The first-order chi connectivity index (χ1) is 9.72. The number of methoxy groups -OCH3 is 1. The molecule has 3 rings (SSSR count). The number of nitrogens with one attached hydrogen (secondary N) is 1. The van der Waals surface area contributed by atoms with Gasteiger partial charge in [0, 0.05) is 12.0 Å². The maximum absolute atomic E-state index is 5.29. The van der Waals surface area contributed by atoms with E-state index >= 15 is 0 Å². The van der Waals surface area contributed by atoms with Crippen LogP contribution in [0, 0.1) is 5.41 Å². The van der Waals surface area contributed by atoms with Gasteiger partial charge >= 0.3 is 0 Å². The van der Waals surface area contributed by atoms with Gasteiger partial charge in [-0.15, -0.1) is 0 Å². The lowest BCUT2D eigenvalue weighted by Crippen LogP contribution is -2.53. The summed E-state index contributed by atoms with van der Waals surface area (Å²) >= 11 is 0. The molecule has 1 spiro atoms. The summed E-state index contributed by atoms with van der Waals surface area (Å²) in [5.74, 6) is 0.960. The van der Waals surface area contributed by atoms with Crippen molar-refractivity contribution >= 4 is 0 Å². The van der Waals surface area contributed by atoms with E-state index in [0.29, 0.717) is 10.8 Å². The van der Waals surface area contributed by atoms with Gasteiger partial charge in [-0.05, 0) is 55.3 Å². The van der Waals surface area contributed by atoms with Gasteiger partial charge in [-0.1, -0.05) is 31.9 Å². The molecule has 2 aliphatic rings. The number of hydrogen-bond acceptors (Lipinski definition) is 2. The monoisotopic (exact) mass is 273 g/mol. The average Bonchev–Trinajstić information content (AvgIpc) is 2.93. The smallest absolute Gasteiger partial charge is 0.118 e. The predicted octanol–water partition coefficient (Wildman–Crippen LogP) is 3.90. The third kappa shape index (κ3) is 2.35. The van der Waals surface area contributed by atoms with Crippen LogP contribution in [0.1, 0.15) is 51.0 Å². The molecule has 1 aromatic rings. The predicted molar refractivity (Wildman–Crippen MR) is 83.4 cm³/mol. The summed E-state index contributed by atoms with van der Waals surface area (Å²) in [6, 6.07) is 8.78. The molecule has 20 heavy (non-hydrogen) atoms. The van der Waals surface area contributed by atoms with E-state index in [-0.39, 0.29) is 0 Å². The molecule has 0 amide bonds. The second kappa shape index (κ2) is 5.40. The molecule has 0 aromatic heterocycles. The quantitative estimate of drug-likeness (QED) is 0.878. The van der Waals surface area contributed by atoms with E-state index in [4.69, 9.17) is 4.74 Å². The van der Waals surface area contributed by atoms with Crippen LogP contribution in [0.15, 0.2) is 24.3 Å². The van der Waals surface area contributed by atoms with E-state index in [0.717, 1.165) is 18.8 Å². The number of rotatable bonds is 5. The Labute approximate surface area is 122 Å². The lowest BCUT2D eigenvalue weighted by atomic mass is 9.49. The van der Waals surface area contributed by atoms with Crippen LogP contribution in [0.2, 0.25) is 0 Å². The lowest BCUT2D eigenvalue weighted by Gasteiger charge is -2.56. The van der Waals surface area contributed by atoms with Gasteiger partial charge in [-0.25, -0.2) is 0 Å². The van der Waals surface area contributed by atoms with Crippen molar-refractivity contribution in [2.75, 3.05) is 20.2 Å². The second-order valence-corrected chi connectivity index (χ2v) is 6.85. The minimum Gasteiger partial charge on any atom is -0.497 e. The van der Waals surface area contributed by atoms with Crippen molar-refractivity contribution < 1.29 is 4.74 Å². The molecule has 2 nitrogen and oxygen atoms in total. The van der Waals surface area contributed by atoms with Crippen LogP contribution in [0.5, 0.6) is 5.75 Å². The summed E-state index contributed by atoms with van der Waals surface area (Å²) in [7, 11) is 1.74. The molecule has 1 aromatic carbocycles. The molecule has 2 aliphatic carbocycles. The first kappa shape index (κ1) is 13.9. The molecule has 1 N–H and O–H groups in total. The van der Waals surface area contributed by atoms with Gasteiger partial charge in [-0.2, -0.15) is 0 Å². The van der Waals surface area contributed by atoms with Gasteiger partial charge in [0.15, 0.2) is 0 Å². The Morgan fingerprint density at radius 2 is 1.75 bits per heavy atom. The number of benzene rings is 1. The topological polar surface area (TPSA) is 21.3 Å².